The van der Waals surface area contributed by atoms with Crippen LogP contribution in [0.15, 0.2) is 12.1 Å². The summed E-state index contributed by atoms with van der Waals surface area (Å²) in [6.45, 7) is 1.67. The summed E-state index contributed by atoms with van der Waals surface area (Å²) in [5, 5.41) is 5.41. The van der Waals surface area contributed by atoms with Gasteiger partial charge in [0.05, 0.1) is 7.11 Å². The highest BCUT2D eigenvalue weighted by Crippen LogP contribution is 2.40. The Morgan fingerprint density at radius 2 is 2.00 bits per heavy atom. The zero-order valence-electron chi connectivity index (χ0n) is 14.9. The molecule has 3 rings (SSSR count). The number of halogens is 3. The lowest BCUT2D eigenvalue weighted by atomic mass is 10.1. The molecule has 1 aromatic carbocycles. The molecule has 2 aliphatic heterocycles. The minimum atomic E-state index is -4.44. The number of nitrogens with zero attached hydrogens (tertiary/aromatic N) is 1. The van der Waals surface area contributed by atoms with E-state index in [1.54, 1.807) is 0 Å². The molecule has 0 spiro atoms. The molecule has 2 heterocycles. The van der Waals surface area contributed by atoms with E-state index in [0.29, 0.717) is 43.6 Å². The molecule has 1 unspecified atom stereocenters. The second-order valence-corrected chi connectivity index (χ2v) is 6.26. The fraction of sp³-hybridized carbons (Fsp3) is 0.588. The molecule has 1 fully saturated rings. The summed E-state index contributed by atoms with van der Waals surface area (Å²) < 4.78 is 56.4. The fourth-order valence-electron chi connectivity index (χ4n) is 3.14. The van der Waals surface area contributed by atoms with Crippen molar-refractivity contribution in [3.63, 3.8) is 0 Å². The molecule has 0 bridgehead atoms. The molecule has 0 aliphatic carbocycles. The Balaban J connectivity index is 1.72. The molecular formula is C17H22F3N3O4. The maximum absolute atomic E-state index is 13.4. The topological polar surface area (TPSA) is 72.1 Å². The lowest BCUT2D eigenvalue weighted by Gasteiger charge is -2.35. The lowest BCUT2D eigenvalue weighted by molar-refractivity contribution is -0.183. The third kappa shape index (κ3) is 4.56. The summed E-state index contributed by atoms with van der Waals surface area (Å²) in [5.74, 6) is 0.385. The normalized spacial score (nSPS) is 18.7. The van der Waals surface area contributed by atoms with E-state index in [2.05, 4.69) is 10.6 Å². The molecular weight excluding hydrogens is 367 g/mol. The van der Waals surface area contributed by atoms with Gasteiger partial charge in [0.1, 0.15) is 19.3 Å². The molecule has 0 radical (unpaired) electrons. The molecule has 0 saturated carbocycles. The minimum absolute atomic E-state index is 0.150. The number of hydrogen-bond acceptors (Lipinski definition) is 6. The molecule has 2 aliphatic rings. The number of methoxy groups -OCH3 is 1. The molecule has 2 N–H and O–H groups in total. The predicted octanol–water partition coefficient (Wildman–Crippen LogP) is 1.03. The Kier molecular flexibility index (Phi) is 5.95. The summed E-state index contributed by atoms with van der Waals surface area (Å²) >= 11 is 0. The van der Waals surface area contributed by atoms with Crippen LogP contribution in [-0.4, -0.2) is 76.1 Å². The number of hydrogen-bond donors (Lipinski definition) is 2. The monoisotopic (exact) mass is 389 g/mol. The number of alkyl halides is 3. The van der Waals surface area contributed by atoms with E-state index in [9.17, 15) is 18.0 Å². The van der Waals surface area contributed by atoms with Crippen molar-refractivity contribution in [1.82, 2.24) is 15.5 Å². The first-order valence-corrected chi connectivity index (χ1v) is 8.67. The summed E-state index contributed by atoms with van der Waals surface area (Å²) in [7, 11) is 1.42. The third-order valence-corrected chi connectivity index (χ3v) is 4.52. The number of amides is 1. The molecule has 1 aromatic rings. The van der Waals surface area contributed by atoms with Crippen LogP contribution in [0.3, 0.4) is 0 Å². The Morgan fingerprint density at radius 3 is 2.67 bits per heavy atom. The molecule has 10 heteroatoms. The van der Waals surface area contributed by atoms with Gasteiger partial charge < -0.3 is 24.8 Å². The SMILES string of the molecule is COc1cc(C(=O)NCC(N2CCNCC2)C(F)(F)F)cc2c1OCCO2. The first-order valence-electron chi connectivity index (χ1n) is 8.67. The zero-order valence-corrected chi connectivity index (χ0v) is 14.9. The van der Waals surface area contributed by atoms with Gasteiger partial charge in [0.15, 0.2) is 11.5 Å². The maximum Gasteiger partial charge on any atom is 0.405 e. The summed E-state index contributed by atoms with van der Waals surface area (Å²) in [5.41, 5.74) is 0.150. The van der Waals surface area contributed by atoms with Gasteiger partial charge in [-0.05, 0) is 12.1 Å². The number of carbonyl (C=O) groups is 1. The van der Waals surface area contributed by atoms with Gasteiger partial charge in [-0.15, -0.1) is 0 Å². The van der Waals surface area contributed by atoms with E-state index in [4.69, 9.17) is 14.2 Å². The number of carbonyl (C=O) groups excluding carboxylic acids is 1. The Morgan fingerprint density at radius 1 is 1.30 bits per heavy atom. The quantitative estimate of drug-likeness (QED) is 0.784. The van der Waals surface area contributed by atoms with Crippen molar-refractivity contribution in [1.29, 1.82) is 0 Å². The molecule has 7 nitrogen and oxygen atoms in total. The van der Waals surface area contributed by atoms with E-state index in [1.807, 2.05) is 0 Å². The Labute approximate surface area is 154 Å². The average Bonchev–Trinajstić information content (AvgIpc) is 2.66. The largest absolute Gasteiger partial charge is 0.493 e. The molecule has 27 heavy (non-hydrogen) atoms. The van der Waals surface area contributed by atoms with Crippen LogP contribution >= 0.6 is 0 Å². The van der Waals surface area contributed by atoms with Crippen LogP contribution < -0.4 is 24.8 Å². The van der Waals surface area contributed by atoms with Crippen LogP contribution in [-0.2, 0) is 0 Å². The van der Waals surface area contributed by atoms with Crippen LogP contribution in [0.1, 0.15) is 10.4 Å². The van der Waals surface area contributed by atoms with Gasteiger partial charge in [0.2, 0.25) is 5.75 Å². The van der Waals surface area contributed by atoms with Gasteiger partial charge in [0.25, 0.3) is 5.91 Å². The van der Waals surface area contributed by atoms with Crippen LogP contribution in [0.25, 0.3) is 0 Å². The zero-order chi connectivity index (χ0) is 19.4. The van der Waals surface area contributed by atoms with Crippen molar-refractivity contribution in [2.45, 2.75) is 12.2 Å². The van der Waals surface area contributed by atoms with Crippen molar-refractivity contribution < 1.29 is 32.2 Å². The second-order valence-electron chi connectivity index (χ2n) is 6.26. The van der Waals surface area contributed by atoms with Crippen LogP contribution in [0.5, 0.6) is 17.2 Å². The van der Waals surface area contributed by atoms with E-state index in [1.165, 1.54) is 24.1 Å². The highest BCUT2D eigenvalue weighted by Gasteiger charge is 2.43. The smallest absolute Gasteiger partial charge is 0.405 e. The summed E-state index contributed by atoms with van der Waals surface area (Å²) in [6, 6.07) is 1.14. The van der Waals surface area contributed by atoms with E-state index >= 15 is 0 Å². The van der Waals surface area contributed by atoms with Crippen molar-refractivity contribution >= 4 is 5.91 Å². The first kappa shape index (κ1) is 19.6. The van der Waals surface area contributed by atoms with Crippen LogP contribution in [0.4, 0.5) is 13.2 Å². The number of benzene rings is 1. The van der Waals surface area contributed by atoms with Gasteiger partial charge in [-0.1, -0.05) is 0 Å². The Bertz CT molecular complexity index is 661. The fourth-order valence-corrected chi connectivity index (χ4v) is 3.14. The van der Waals surface area contributed by atoms with Gasteiger partial charge in [0, 0.05) is 38.3 Å². The summed E-state index contributed by atoms with van der Waals surface area (Å²) in [4.78, 5) is 13.8. The average molecular weight is 389 g/mol. The molecule has 0 aromatic heterocycles. The van der Waals surface area contributed by atoms with Crippen molar-refractivity contribution in [2.75, 3.05) is 53.0 Å². The second kappa shape index (κ2) is 8.22. The van der Waals surface area contributed by atoms with Gasteiger partial charge in [-0.2, -0.15) is 13.2 Å². The maximum atomic E-state index is 13.4. The lowest BCUT2D eigenvalue weighted by Crippen LogP contribution is -2.57. The molecule has 1 atom stereocenters. The molecule has 1 amide bonds. The van der Waals surface area contributed by atoms with Crippen molar-refractivity contribution in [2.24, 2.45) is 0 Å². The number of piperazine rings is 1. The third-order valence-electron chi connectivity index (χ3n) is 4.52. The van der Waals surface area contributed by atoms with E-state index in [0.717, 1.165) is 0 Å². The van der Waals surface area contributed by atoms with Gasteiger partial charge in [-0.3, -0.25) is 9.69 Å². The van der Waals surface area contributed by atoms with E-state index in [-0.39, 0.29) is 18.7 Å². The van der Waals surface area contributed by atoms with Crippen molar-refractivity contribution in [3.8, 4) is 17.2 Å². The number of nitrogens with one attached hydrogen (secondary N) is 2. The molecule has 1 saturated heterocycles. The predicted molar refractivity (Wildman–Crippen MR) is 90.6 cm³/mol. The van der Waals surface area contributed by atoms with Gasteiger partial charge in [-0.25, -0.2) is 0 Å². The molecule has 150 valence electrons. The number of ether oxygens (including phenoxy) is 3. The van der Waals surface area contributed by atoms with Gasteiger partial charge >= 0.3 is 6.18 Å². The summed E-state index contributed by atoms with van der Waals surface area (Å²) in [6.07, 6.45) is -4.44. The highest BCUT2D eigenvalue weighted by atomic mass is 19.4. The highest BCUT2D eigenvalue weighted by molar-refractivity contribution is 5.95. The number of rotatable bonds is 5. The number of fused-ring (bicyclic) bond motifs is 1. The van der Waals surface area contributed by atoms with E-state index < -0.39 is 24.7 Å². The standard InChI is InChI=1S/C17H22F3N3O4/c1-25-12-8-11(9-13-15(12)27-7-6-26-13)16(24)22-10-14(17(18,19)20)23-4-2-21-3-5-23/h8-9,14,21H,2-7,10H2,1H3,(H,22,24). The van der Waals surface area contributed by atoms with Crippen molar-refractivity contribution in [3.05, 3.63) is 17.7 Å². The van der Waals surface area contributed by atoms with Crippen LogP contribution in [0.2, 0.25) is 0 Å². The Hall–Kier alpha value is -2.20. The van der Waals surface area contributed by atoms with Crippen LogP contribution in [0, 0.1) is 0 Å². The minimum Gasteiger partial charge on any atom is -0.493 e. The first-order chi connectivity index (χ1) is 12.9.